The van der Waals surface area contributed by atoms with Crippen LogP contribution in [0.2, 0.25) is 0 Å². The van der Waals surface area contributed by atoms with E-state index in [-0.39, 0.29) is 24.5 Å². The van der Waals surface area contributed by atoms with Gasteiger partial charge >= 0.3 is 11.9 Å². The fraction of sp³-hybridized carbons (Fsp3) is 0.857. The number of amides is 1. The second-order valence-electron chi connectivity index (χ2n) is 11.8. The second-order valence-corrected chi connectivity index (χ2v) is 11.8. The minimum atomic E-state index is -1.03. The van der Waals surface area contributed by atoms with E-state index in [0.717, 1.165) is 51.4 Å². The molecule has 0 aromatic rings. The van der Waals surface area contributed by atoms with E-state index in [0.29, 0.717) is 12.8 Å². The fourth-order valence-corrected chi connectivity index (χ4v) is 5.07. The molecular weight excluding hydrogens is 514 g/mol. The normalized spacial score (nSPS) is 12.0. The average Bonchev–Trinajstić information content (AvgIpc) is 2.95. The second kappa shape index (κ2) is 31.1. The van der Waals surface area contributed by atoms with E-state index in [4.69, 9.17) is 9.84 Å². The van der Waals surface area contributed by atoms with Crippen LogP contribution in [0.3, 0.4) is 0 Å². The molecule has 0 saturated heterocycles. The molecule has 6 heteroatoms. The molecule has 2 N–H and O–H groups in total. The molecule has 1 amide bonds. The molecular formula is C35H65NO5. The Balaban J connectivity index is 4.21. The molecule has 0 aromatic carbocycles. The van der Waals surface area contributed by atoms with E-state index in [2.05, 4.69) is 31.3 Å². The number of unbranched alkanes of at least 4 members (excludes halogenated alkanes) is 20. The number of rotatable bonds is 31. The van der Waals surface area contributed by atoms with Crippen molar-refractivity contribution in [2.75, 3.05) is 6.54 Å². The maximum atomic E-state index is 12.6. The van der Waals surface area contributed by atoms with E-state index < -0.39 is 5.97 Å². The van der Waals surface area contributed by atoms with Crippen LogP contribution in [0.5, 0.6) is 0 Å². The lowest BCUT2D eigenvalue weighted by atomic mass is 10.0. The first kappa shape index (κ1) is 39.1. The number of carbonyl (C=O) groups excluding carboxylic acids is 2. The van der Waals surface area contributed by atoms with Crippen LogP contribution in [-0.4, -0.2) is 35.6 Å². The van der Waals surface area contributed by atoms with Gasteiger partial charge in [0.2, 0.25) is 5.91 Å². The third-order valence-electron chi connectivity index (χ3n) is 7.67. The van der Waals surface area contributed by atoms with Gasteiger partial charge in [0, 0.05) is 12.8 Å². The summed E-state index contributed by atoms with van der Waals surface area (Å²) in [5.74, 6) is -1.32. The number of allylic oxidation sites excluding steroid dienone is 1. The fourth-order valence-electron chi connectivity index (χ4n) is 5.07. The van der Waals surface area contributed by atoms with Crippen LogP contribution in [0, 0.1) is 0 Å². The third-order valence-corrected chi connectivity index (χ3v) is 7.67. The van der Waals surface area contributed by atoms with Gasteiger partial charge in [-0.2, -0.15) is 0 Å². The number of nitrogens with one attached hydrogen (secondary N) is 1. The number of ether oxygens (including phenoxy) is 1. The molecule has 0 radical (unpaired) electrons. The maximum Gasteiger partial charge on any atom is 0.322 e. The monoisotopic (exact) mass is 579 g/mol. The van der Waals surface area contributed by atoms with Crippen LogP contribution in [-0.2, 0) is 19.1 Å². The number of carboxylic acids is 1. The van der Waals surface area contributed by atoms with E-state index >= 15 is 0 Å². The van der Waals surface area contributed by atoms with Gasteiger partial charge in [0.15, 0.2) is 0 Å². The van der Waals surface area contributed by atoms with Crippen LogP contribution in [0.1, 0.15) is 181 Å². The molecule has 0 bridgehead atoms. The molecule has 0 aliphatic rings. The van der Waals surface area contributed by atoms with E-state index in [9.17, 15) is 14.4 Å². The van der Waals surface area contributed by atoms with Crippen molar-refractivity contribution in [1.29, 1.82) is 0 Å². The quantitative estimate of drug-likeness (QED) is 0.0484. The van der Waals surface area contributed by atoms with Crippen molar-refractivity contribution in [2.45, 2.75) is 187 Å². The highest BCUT2D eigenvalue weighted by Gasteiger charge is 2.12. The standard InChI is InChI=1S/C35H65NO5/c1-3-5-7-9-11-13-14-16-18-20-26-30-35(40)41-32(27-23-19-17-15-12-10-8-6-4-2)28-24-21-22-25-29-33(37)36-31-34(38)39/h23,27,32H,3-22,24-26,28-31H2,1-2H3,(H,36,37)(H,38,39)/b27-23-. The lowest BCUT2D eigenvalue weighted by molar-refractivity contribution is -0.147. The van der Waals surface area contributed by atoms with Crippen molar-refractivity contribution in [3.05, 3.63) is 12.2 Å². The molecule has 0 aliphatic carbocycles. The number of aliphatic carboxylic acids is 1. The first-order chi connectivity index (χ1) is 20.0. The summed E-state index contributed by atoms with van der Waals surface area (Å²) in [6, 6.07) is 0. The zero-order valence-electron chi connectivity index (χ0n) is 26.9. The smallest absolute Gasteiger partial charge is 0.322 e. The van der Waals surface area contributed by atoms with Crippen molar-refractivity contribution >= 4 is 17.8 Å². The number of hydrogen-bond acceptors (Lipinski definition) is 4. The third kappa shape index (κ3) is 30.9. The highest BCUT2D eigenvalue weighted by Crippen LogP contribution is 2.16. The summed E-state index contributed by atoms with van der Waals surface area (Å²) in [5.41, 5.74) is 0. The number of carbonyl (C=O) groups is 3. The zero-order valence-corrected chi connectivity index (χ0v) is 26.9. The molecule has 0 fully saturated rings. The van der Waals surface area contributed by atoms with Crippen molar-refractivity contribution in [3.63, 3.8) is 0 Å². The zero-order chi connectivity index (χ0) is 30.2. The van der Waals surface area contributed by atoms with Crippen molar-refractivity contribution < 1.29 is 24.2 Å². The Morgan fingerprint density at radius 2 is 1.10 bits per heavy atom. The Labute approximate surface area is 252 Å². The van der Waals surface area contributed by atoms with Crippen LogP contribution < -0.4 is 5.32 Å². The number of carboxylic acid groups (broad SMARTS) is 1. The predicted octanol–water partition coefficient (Wildman–Crippen LogP) is 9.84. The van der Waals surface area contributed by atoms with Gasteiger partial charge in [-0.3, -0.25) is 14.4 Å². The summed E-state index contributed by atoms with van der Waals surface area (Å²) in [6.45, 7) is 4.18. The summed E-state index contributed by atoms with van der Waals surface area (Å²) >= 11 is 0. The van der Waals surface area contributed by atoms with E-state index in [1.165, 1.54) is 103 Å². The Bertz CT molecular complexity index is 648. The minimum Gasteiger partial charge on any atom is -0.480 e. The Morgan fingerprint density at radius 3 is 1.63 bits per heavy atom. The molecule has 0 rings (SSSR count). The lowest BCUT2D eigenvalue weighted by Crippen LogP contribution is -2.28. The topological polar surface area (TPSA) is 92.7 Å². The predicted molar refractivity (Wildman–Crippen MR) is 171 cm³/mol. The maximum absolute atomic E-state index is 12.6. The highest BCUT2D eigenvalue weighted by atomic mass is 16.5. The molecule has 0 saturated carbocycles. The first-order valence-corrected chi connectivity index (χ1v) is 17.3. The highest BCUT2D eigenvalue weighted by molar-refractivity contribution is 5.80. The summed E-state index contributed by atoms with van der Waals surface area (Å²) in [6.07, 6.45) is 33.3. The molecule has 240 valence electrons. The van der Waals surface area contributed by atoms with Crippen LogP contribution in [0.25, 0.3) is 0 Å². The van der Waals surface area contributed by atoms with Gasteiger partial charge in [-0.25, -0.2) is 0 Å². The van der Waals surface area contributed by atoms with Gasteiger partial charge < -0.3 is 15.2 Å². The molecule has 0 aliphatic heterocycles. The molecule has 0 spiro atoms. The van der Waals surface area contributed by atoms with Crippen molar-refractivity contribution in [2.24, 2.45) is 0 Å². The number of hydrogen-bond donors (Lipinski definition) is 2. The lowest BCUT2D eigenvalue weighted by Gasteiger charge is -2.15. The Hall–Kier alpha value is -1.85. The SMILES string of the molecule is CCCCCCCCC/C=C\C(CCCCCCC(=O)NCC(=O)O)OC(=O)CCCCCCCCCCCCC. The Kier molecular flexibility index (Phi) is 29.7. The molecule has 1 atom stereocenters. The summed E-state index contributed by atoms with van der Waals surface area (Å²) in [7, 11) is 0. The first-order valence-electron chi connectivity index (χ1n) is 17.3. The van der Waals surface area contributed by atoms with Gasteiger partial charge in [0.25, 0.3) is 0 Å². The molecule has 6 nitrogen and oxygen atoms in total. The summed E-state index contributed by atoms with van der Waals surface area (Å²) in [5, 5.41) is 11.0. The largest absolute Gasteiger partial charge is 0.480 e. The van der Waals surface area contributed by atoms with Crippen LogP contribution in [0.4, 0.5) is 0 Å². The number of esters is 1. The molecule has 41 heavy (non-hydrogen) atoms. The summed E-state index contributed by atoms with van der Waals surface area (Å²) in [4.78, 5) is 34.7. The van der Waals surface area contributed by atoms with Crippen molar-refractivity contribution in [3.8, 4) is 0 Å². The van der Waals surface area contributed by atoms with Crippen LogP contribution >= 0.6 is 0 Å². The van der Waals surface area contributed by atoms with E-state index in [1.54, 1.807) is 0 Å². The van der Waals surface area contributed by atoms with E-state index in [1.807, 2.05) is 0 Å². The minimum absolute atomic E-state index is 0.0819. The van der Waals surface area contributed by atoms with Gasteiger partial charge in [0.1, 0.15) is 12.6 Å². The van der Waals surface area contributed by atoms with Crippen molar-refractivity contribution in [1.82, 2.24) is 5.32 Å². The van der Waals surface area contributed by atoms with Gasteiger partial charge in [-0.05, 0) is 44.6 Å². The van der Waals surface area contributed by atoms with Gasteiger partial charge in [-0.15, -0.1) is 0 Å². The van der Waals surface area contributed by atoms with Gasteiger partial charge in [0.05, 0.1) is 0 Å². The Morgan fingerprint density at radius 1 is 0.634 bits per heavy atom. The molecule has 0 aromatic heterocycles. The van der Waals surface area contributed by atoms with Crippen LogP contribution in [0.15, 0.2) is 12.2 Å². The average molecular weight is 580 g/mol. The molecule has 1 unspecified atom stereocenters. The van der Waals surface area contributed by atoms with Gasteiger partial charge in [-0.1, -0.05) is 135 Å². The molecule has 0 heterocycles. The summed E-state index contributed by atoms with van der Waals surface area (Å²) < 4.78 is 5.87.